The molecule has 0 aliphatic heterocycles. The van der Waals surface area contributed by atoms with Crippen molar-refractivity contribution in [3.05, 3.63) is 0 Å². The zero-order valence-corrected chi connectivity index (χ0v) is 12.8. The molecule has 2 atom stereocenters. The highest BCUT2D eigenvalue weighted by molar-refractivity contribution is 7.89. The number of nitrogens with one attached hydrogen (secondary N) is 2. The van der Waals surface area contributed by atoms with E-state index in [0.29, 0.717) is 6.42 Å². The van der Waals surface area contributed by atoms with Gasteiger partial charge in [0.2, 0.25) is 15.9 Å². The summed E-state index contributed by atoms with van der Waals surface area (Å²) in [5.74, 6) is -1.88. The maximum Gasteiger partial charge on any atom is 0.329 e. The molecule has 0 radical (unpaired) electrons. The van der Waals surface area contributed by atoms with Gasteiger partial charge in [0.25, 0.3) is 0 Å². The Bertz CT molecular complexity index is 486. The fraction of sp³-hybridized carbons (Fsp3) is 0.833. The zero-order valence-electron chi connectivity index (χ0n) is 12.0. The topological polar surface area (TPSA) is 113 Å². The molecule has 2 unspecified atom stereocenters. The SMILES string of the molecule is CCCS(=O)(=O)NC(C)C(=O)NC(C)(C(=O)O)C1CC1. The minimum Gasteiger partial charge on any atom is -0.480 e. The second kappa shape index (κ2) is 6.09. The van der Waals surface area contributed by atoms with E-state index in [0.717, 1.165) is 12.8 Å². The van der Waals surface area contributed by atoms with Crippen molar-refractivity contribution in [2.75, 3.05) is 5.75 Å². The van der Waals surface area contributed by atoms with Gasteiger partial charge in [-0.25, -0.2) is 17.9 Å². The lowest BCUT2D eigenvalue weighted by Crippen LogP contribution is -2.58. The Labute approximate surface area is 119 Å². The van der Waals surface area contributed by atoms with Crippen LogP contribution < -0.4 is 10.0 Å². The third-order valence-corrected chi connectivity index (χ3v) is 5.10. The third kappa shape index (κ3) is 4.17. The number of carboxylic acids is 1. The van der Waals surface area contributed by atoms with E-state index in [1.54, 1.807) is 6.92 Å². The van der Waals surface area contributed by atoms with Gasteiger partial charge in [0, 0.05) is 0 Å². The Morgan fingerprint density at radius 2 is 1.95 bits per heavy atom. The smallest absolute Gasteiger partial charge is 0.329 e. The number of hydrogen-bond donors (Lipinski definition) is 3. The Hall–Kier alpha value is -1.15. The van der Waals surface area contributed by atoms with E-state index in [1.807, 2.05) is 0 Å². The van der Waals surface area contributed by atoms with Crippen LogP contribution in [0.1, 0.15) is 40.0 Å². The number of amides is 1. The predicted octanol–water partition coefficient (Wildman–Crippen LogP) is 0.0738. The van der Waals surface area contributed by atoms with Crippen molar-refractivity contribution < 1.29 is 23.1 Å². The minimum absolute atomic E-state index is 0.0660. The van der Waals surface area contributed by atoms with Gasteiger partial charge in [-0.3, -0.25) is 4.79 Å². The van der Waals surface area contributed by atoms with Crippen molar-refractivity contribution in [1.82, 2.24) is 10.0 Å². The summed E-state index contributed by atoms with van der Waals surface area (Å²) < 4.78 is 25.4. The summed E-state index contributed by atoms with van der Waals surface area (Å²) in [6.45, 7) is 4.58. The average molecular weight is 306 g/mol. The molecular weight excluding hydrogens is 284 g/mol. The Morgan fingerprint density at radius 1 is 1.40 bits per heavy atom. The van der Waals surface area contributed by atoms with E-state index in [1.165, 1.54) is 13.8 Å². The van der Waals surface area contributed by atoms with Crippen LogP contribution in [0, 0.1) is 5.92 Å². The van der Waals surface area contributed by atoms with Crippen LogP contribution in [0.5, 0.6) is 0 Å². The number of rotatable bonds is 8. The first-order chi connectivity index (χ1) is 9.12. The van der Waals surface area contributed by atoms with Gasteiger partial charge in [0.05, 0.1) is 11.8 Å². The van der Waals surface area contributed by atoms with E-state index in [-0.39, 0.29) is 11.7 Å². The molecule has 0 aromatic carbocycles. The summed E-state index contributed by atoms with van der Waals surface area (Å²) in [5.41, 5.74) is -1.33. The number of carboxylic acid groups (broad SMARTS) is 1. The van der Waals surface area contributed by atoms with E-state index >= 15 is 0 Å². The van der Waals surface area contributed by atoms with Crippen LogP contribution in [-0.2, 0) is 19.6 Å². The van der Waals surface area contributed by atoms with Crippen LogP contribution in [0.3, 0.4) is 0 Å². The molecule has 0 heterocycles. The number of carbonyl (C=O) groups excluding carboxylic acids is 1. The fourth-order valence-corrected chi connectivity index (χ4v) is 3.31. The molecule has 0 aromatic rings. The van der Waals surface area contributed by atoms with E-state index in [4.69, 9.17) is 0 Å². The van der Waals surface area contributed by atoms with Gasteiger partial charge in [0.15, 0.2) is 0 Å². The average Bonchev–Trinajstić information content (AvgIpc) is 3.11. The maximum absolute atomic E-state index is 12.0. The molecule has 3 N–H and O–H groups in total. The lowest BCUT2D eigenvalue weighted by Gasteiger charge is -2.27. The molecule has 1 amide bonds. The second-order valence-corrected chi connectivity index (χ2v) is 7.30. The fourth-order valence-electron chi connectivity index (χ4n) is 2.01. The van der Waals surface area contributed by atoms with E-state index < -0.39 is 33.5 Å². The molecule has 1 fully saturated rings. The monoisotopic (exact) mass is 306 g/mol. The van der Waals surface area contributed by atoms with Crippen LogP contribution in [0.25, 0.3) is 0 Å². The molecule has 1 aliphatic carbocycles. The molecule has 0 saturated heterocycles. The Balaban J connectivity index is 2.68. The number of aliphatic carboxylic acids is 1. The summed E-state index contributed by atoms with van der Waals surface area (Å²) in [6.07, 6.45) is 1.94. The lowest BCUT2D eigenvalue weighted by atomic mass is 9.95. The molecule has 1 saturated carbocycles. The number of sulfonamides is 1. The summed E-state index contributed by atoms with van der Waals surface area (Å²) in [7, 11) is -3.51. The van der Waals surface area contributed by atoms with Crippen LogP contribution in [0.4, 0.5) is 0 Å². The Morgan fingerprint density at radius 3 is 2.35 bits per heavy atom. The quantitative estimate of drug-likeness (QED) is 0.587. The van der Waals surface area contributed by atoms with E-state index in [9.17, 15) is 23.1 Å². The van der Waals surface area contributed by atoms with Gasteiger partial charge in [-0.05, 0) is 39.0 Å². The summed E-state index contributed by atoms with van der Waals surface area (Å²) >= 11 is 0. The van der Waals surface area contributed by atoms with Crippen molar-refractivity contribution in [3.63, 3.8) is 0 Å². The van der Waals surface area contributed by atoms with Crippen molar-refractivity contribution in [2.24, 2.45) is 5.92 Å². The third-order valence-electron chi connectivity index (χ3n) is 3.44. The summed E-state index contributed by atoms with van der Waals surface area (Å²) in [6, 6.07) is -0.996. The first kappa shape index (κ1) is 16.9. The second-order valence-electron chi connectivity index (χ2n) is 5.43. The Kier molecular flexibility index (Phi) is 5.15. The van der Waals surface area contributed by atoms with Crippen LogP contribution in [0.15, 0.2) is 0 Å². The highest BCUT2D eigenvalue weighted by atomic mass is 32.2. The van der Waals surface area contributed by atoms with Crippen LogP contribution >= 0.6 is 0 Å². The predicted molar refractivity (Wildman–Crippen MR) is 73.6 cm³/mol. The van der Waals surface area contributed by atoms with Gasteiger partial charge in [-0.2, -0.15) is 0 Å². The van der Waals surface area contributed by atoms with Crippen molar-refractivity contribution in [3.8, 4) is 0 Å². The molecule has 20 heavy (non-hydrogen) atoms. The highest BCUT2D eigenvalue weighted by Crippen LogP contribution is 2.39. The molecule has 0 spiro atoms. The maximum atomic E-state index is 12.0. The molecular formula is C12H22N2O5S. The lowest BCUT2D eigenvalue weighted by molar-refractivity contribution is -0.148. The molecule has 1 aliphatic rings. The summed E-state index contributed by atoms with van der Waals surface area (Å²) in [5, 5.41) is 11.7. The van der Waals surface area contributed by atoms with Crippen molar-refractivity contribution >= 4 is 21.9 Å². The number of carbonyl (C=O) groups is 2. The molecule has 116 valence electrons. The van der Waals surface area contributed by atoms with Gasteiger partial charge < -0.3 is 10.4 Å². The molecule has 0 bridgehead atoms. The van der Waals surface area contributed by atoms with Crippen LogP contribution in [0.2, 0.25) is 0 Å². The van der Waals surface area contributed by atoms with Crippen molar-refractivity contribution in [1.29, 1.82) is 0 Å². The standard InChI is InChI=1S/C12H22N2O5S/c1-4-7-20(18,19)14-8(2)10(15)13-12(3,11(16)17)9-5-6-9/h8-9,14H,4-7H2,1-3H3,(H,13,15)(H,16,17). The zero-order chi connectivity index (χ0) is 15.6. The minimum atomic E-state index is -3.51. The van der Waals surface area contributed by atoms with Gasteiger partial charge in [-0.1, -0.05) is 6.92 Å². The molecule has 8 heteroatoms. The molecule has 1 rings (SSSR count). The molecule has 7 nitrogen and oxygen atoms in total. The van der Waals surface area contributed by atoms with Gasteiger partial charge in [0.1, 0.15) is 5.54 Å². The first-order valence-electron chi connectivity index (χ1n) is 6.67. The van der Waals surface area contributed by atoms with Gasteiger partial charge >= 0.3 is 5.97 Å². The summed E-state index contributed by atoms with van der Waals surface area (Å²) in [4.78, 5) is 23.3. The first-order valence-corrected chi connectivity index (χ1v) is 8.33. The van der Waals surface area contributed by atoms with E-state index in [2.05, 4.69) is 10.0 Å². The van der Waals surface area contributed by atoms with Gasteiger partial charge in [-0.15, -0.1) is 0 Å². The van der Waals surface area contributed by atoms with Crippen molar-refractivity contribution in [2.45, 2.75) is 51.6 Å². The normalized spacial score (nSPS) is 19.9. The highest BCUT2D eigenvalue weighted by Gasteiger charge is 2.49. The largest absolute Gasteiger partial charge is 0.480 e. The van der Waals surface area contributed by atoms with Crippen LogP contribution in [-0.4, -0.2) is 42.7 Å². The number of hydrogen-bond acceptors (Lipinski definition) is 4. The molecule has 0 aromatic heterocycles.